The van der Waals surface area contributed by atoms with E-state index < -0.39 is 22.4 Å². The highest BCUT2D eigenvalue weighted by molar-refractivity contribution is 8.00. The predicted molar refractivity (Wildman–Crippen MR) is 91.8 cm³/mol. The molecule has 0 radical (unpaired) electrons. The van der Waals surface area contributed by atoms with Gasteiger partial charge in [0.1, 0.15) is 0 Å². The summed E-state index contributed by atoms with van der Waals surface area (Å²) in [5.74, 6) is -0.511. The van der Waals surface area contributed by atoms with E-state index in [1.54, 1.807) is 0 Å². The molecule has 0 saturated carbocycles. The molecule has 9 heteroatoms. The summed E-state index contributed by atoms with van der Waals surface area (Å²) >= 11 is 0.819. The first-order valence-corrected chi connectivity index (χ1v) is 8.46. The van der Waals surface area contributed by atoms with E-state index in [0.29, 0.717) is 12.6 Å². The van der Waals surface area contributed by atoms with Gasteiger partial charge in [-0.1, -0.05) is 29.8 Å². The van der Waals surface area contributed by atoms with Gasteiger partial charge >= 0.3 is 6.18 Å². The number of thioether (sulfide) groups is 1. The number of nitrogens with one attached hydrogen (secondary N) is 1. The van der Waals surface area contributed by atoms with Gasteiger partial charge in [-0.05, 0) is 24.6 Å². The third kappa shape index (κ3) is 5.48. The van der Waals surface area contributed by atoms with E-state index in [4.69, 9.17) is 0 Å². The maximum atomic E-state index is 12.7. The van der Waals surface area contributed by atoms with E-state index in [-0.39, 0.29) is 16.6 Å². The molecule has 0 heterocycles. The van der Waals surface area contributed by atoms with Crippen LogP contribution in [0.1, 0.15) is 16.7 Å². The number of halogens is 3. The number of hydrogen-bond donors (Lipinski definition) is 1. The molecule has 0 bridgehead atoms. The lowest BCUT2D eigenvalue weighted by atomic mass is 10.1. The number of carbonyl (C=O) groups is 1. The third-order valence-corrected chi connectivity index (χ3v) is 4.51. The summed E-state index contributed by atoms with van der Waals surface area (Å²) in [6.07, 6.45) is -4.67. The largest absolute Gasteiger partial charge is 0.416 e. The molecule has 5 nitrogen and oxygen atoms in total. The number of hydrogen-bond acceptors (Lipinski definition) is 4. The molecule has 0 spiro atoms. The quantitative estimate of drug-likeness (QED) is 0.457. The number of benzene rings is 2. The minimum Gasteiger partial charge on any atom is -0.351 e. The number of carbonyl (C=O) groups excluding carboxylic acids is 1. The fraction of sp³-hybridized carbons (Fsp3) is 0.235. The van der Waals surface area contributed by atoms with E-state index in [0.717, 1.165) is 35.0 Å². The highest BCUT2D eigenvalue weighted by Gasteiger charge is 2.33. The Kier molecular flexibility index (Phi) is 6.25. The number of nitrogens with zero attached hydrogens (tertiary/aromatic N) is 1. The van der Waals surface area contributed by atoms with Crippen LogP contribution in [0.3, 0.4) is 0 Å². The van der Waals surface area contributed by atoms with Crippen LogP contribution in [0.15, 0.2) is 47.4 Å². The summed E-state index contributed by atoms with van der Waals surface area (Å²) in [6, 6.07) is 9.79. The van der Waals surface area contributed by atoms with Gasteiger partial charge in [0.15, 0.2) is 0 Å². The Morgan fingerprint density at radius 1 is 1.19 bits per heavy atom. The maximum Gasteiger partial charge on any atom is 0.416 e. The zero-order valence-corrected chi connectivity index (χ0v) is 14.5. The number of nitro benzene ring substituents is 1. The Morgan fingerprint density at radius 2 is 1.85 bits per heavy atom. The number of alkyl halides is 3. The van der Waals surface area contributed by atoms with Crippen LogP contribution in [0, 0.1) is 17.0 Å². The van der Waals surface area contributed by atoms with E-state index in [9.17, 15) is 28.1 Å². The Hall–Kier alpha value is -2.55. The molecule has 0 saturated heterocycles. The Morgan fingerprint density at radius 3 is 2.42 bits per heavy atom. The van der Waals surface area contributed by atoms with Gasteiger partial charge in [-0.2, -0.15) is 13.2 Å². The second-order valence-electron chi connectivity index (χ2n) is 5.49. The highest BCUT2D eigenvalue weighted by atomic mass is 32.2. The normalized spacial score (nSPS) is 11.2. The van der Waals surface area contributed by atoms with Gasteiger partial charge in [0, 0.05) is 12.6 Å². The molecule has 2 aromatic carbocycles. The van der Waals surface area contributed by atoms with Gasteiger partial charge in [-0.15, -0.1) is 11.8 Å². The molecule has 0 aliphatic rings. The van der Waals surface area contributed by atoms with E-state index >= 15 is 0 Å². The van der Waals surface area contributed by atoms with Crippen molar-refractivity contribution >= 4 is 23.4 Å². The van der Waals surface area contributed by atoms with Crippen LogP contribution in [0.2, 0.25) is 0 Å². The van der Waals surface area contributed by atoms with Gasteiger partial charge < -0.3 is 5.32 Å². The lowest BCUT2D eigenvalue weighted by Gasteiger charge is -2.09. The predicted octanol–water partition coefficient (Wildman–Crippen LogP) is 4.33. The van der Waals surface area contributed by atoms with Crippen molar-refractivity contribution in [1.82, 2.24) is 5.32 Å². The van der Waals surface area contributed by atoms with Gasteiger partial charge in [-0.3, -0.25) is 14.9 Å². The number of amides is 1. The van der Waals surface area contributed by atoms with Crippen molar-refractivity contribution in [3.05, 3.63) is 69.3 Å². The highest BCUT2D eigenvalue weighted by Crippen LogP contribution is 2.36. The maximum absolute atomic E-state index is 12.7. The summed E-state index contributed by atoms with van der Waals surface area (Å²) in [4.78, 5) is 22.0. The molecule has 26 heavy (non-hydrogen) atoms. The zero-order chi connectivity index (χ0) is 19.3. The van der Waals surface area contributed by atoms with Crippen molar-refractivity contribution in [2.75, 3.05) is 5.75 Å². The second-order valence-corrected chi connectivity index (χ2v) is 6.51. The van der Waals surface area contributed by atoms with E-state index in [1.165, 1.54) is 0 Å². The summed E-state index contributed by atoms with van der Waals surface area (Å²) in [6.45, 7) is 2.24. The molecule has 1 amide bonds. The van der Waals surface area contributed by atoms with Crippen LogP contribution in [0.5, 0.6) is 0 Å². The summed E-state index contributed by atoms with van der Waals surface area (Å²) in [7, 11) is 0. The van der Waals surface area contributed by atoms with Crippen LogP contribution >= 0.6 is 11.8 Å². The molecule has 0 aliphatic carbocycles. The molecular formula is C17H15F3N2O3S. The smallest absolute Gasteiger partial charge is 0.351 e. The van der Waals surface area contributed by atoms with E-state index in [2.05, 4.69) is 5.32 Å². The van der Waals surface area contributed by atoms with Crippen LogP contribution in [0.25, 0.3) is 0 Å². The van der Waals surface area contributed by atoms with Crippen molar-refractivity contribution < 1.29 is 22.9 Å². The van der Waals surface area contributed by atoms with Crippen molar-refractivity contribution in [2.45, 2.75) is 24.5 Å². The van der Waals surface area contributed by atoms with Gasteiger partial charge in [0.2, 0.25) is 5.91 Å². The van der Waals surface area contributed by atoms with Crippen molar-refractivity contribution in [3.8, 4) is 0 Å². The SMILES string of the molecule is Cc1ccc(CNC(=O)CSc2ccc(C(F)(F)F)cc2[N+](=O)[O-])cc1. The van der Waals surface area contributed by atoms with E-state index in [1.807, 2.05) is 31.2 Å². The lowest BCUT2D eigenvalue weighted by molar-refractivity contribution is -0.388. The fourth-order valence-electron chi connectivity index (χ4n) is 2.06. The average Bonchev–Trinajstić information content (AvgIpc) is 2.58. The minimum absolute atomic E-state index is 0.00786. The zero-order valence-electron chi connectivity index (χ0n) is 13.7. The topological polar surface area (TPSA) is 72.2 Å². The molecular weight excluding hydrogens is 369 g/mol. The molecule has 2 rings (SSSR count). The van der Waals surface area contributed by atoms with Gasteiger partial charge in [0.25, 0.3) is 5.69 Å². The summed E-state index contributed by atoms with van der Waals surface area (Å²) in [5, 5.41) is 13.7. The fourth-order valence-corrected chi connectivity index (χ4v) is 2.89. The molecule has 0 aliphatic heterocycles. The molecule has 0 unspecified atom stereocenters. The number of rotatable bonds is 6. The first kappa shape index (κ1) is 19.8. The average molecular weight is 384 g/mol. The van der Waals surface area contributed by atoms with Crippen molar-refractivity contribution in [2.24, 2.45) is 0 Å². The molecule has 1 N–H and O–H groups in total. The molecule has 0 aromatic heterocycles. The second kappa shape index (κ2) is 8.22. The number of nitro groups is 1. The standard InChI is InChI=1S/C17H15F3N2O3S/c1-11-2-4-12(5-3-11)9-21-16(23)10-26-15-7-6-13(17(18,19)20)8-14(15)22(24)25/h2-8H,9-10H2,1H3,(H,21,23). The van der Waals surface area contributed by atoms with Crippen LogP contribution in [0.4, 0.5) is 18.9 Å². The first-order chi connectivity index (χ1) is 12.2. The van der Waals surface area contributed by atoms with Crippen molar-refractivity contribution in [3.63, 3.8) is 0 Å². The van der Waals surface area contributed by atoms with Crippen molar-refractivity contribution in [1.29, 1.82) is 0 Å². The number of aryl methyl sites for hydroxylation is 1. The molecule has 0 fully saturated rings. The van der Waals surface area contributed by atoms with Crippen LogP contribution in [-0.4, -0.2) is 16.6 Å². The lowest BCUT2D eigenvalue weighted by Crippen LogP contribution is -2.24. The van der Waals surface area contributed by atoms with Gasteiger partial charge in [0.05, 0.1) is 21.1 Å². The Balaban J connectivity index is 1.98. The minimum atomic E-state index is -4.67. The van der Waals surface area contributed by atoms with Crippen LogP contribution < -0.4 is 5.32 Å². The summed E-state index contributed by atoms with van der Waals surface area (Å²) in [5.41, 5.74) is 0.216. The monoisotopic (exact) mass is 384 g/mol. The Labute approximate surface area is 151 Å². The Bertz CT molecular complexity index is 808. The van der Waals surface area contributed by atoms with Crippen LogP contribution in [-0.2, 0) is 17.5 Å². The third-order valence-electron chi connectivity index (χ3n) is 3.45. The summed E-state index contributed by atoms with van der Waals surface area (Å²) < 4.78 is 38.0. The van der Waals surface area contributed by atoms with Gasteiger partial charge in [-0.25, -0.2) is 0 Å². The molecule has 2 aromatic rings. The molecule has 138 valence electrons. The molecule has 0 atom stereocenters. The first-order valence-electron chi connectivity index (χ1n) is 7.47.